The van der Waals surface area contributed by atoms with Crippen molar-refractivity contribution >= 4 is 17.7 Å². The Balaban J connectivity index is 2.11. The lowest BCUT2D eigenvalue weighted by Crippen LogP contribution is -2.11. The zero-order valence-corrected chi connectivity index (χ0v) is 12.0. The highest BCUT2D eigenvalue weighted by Crippen LogP contribution is 2.33. The number of aromatic nitrogens is 3. The molecule has 0 radical (unpaired) electrons. The highest BCUT2D eigenvalue weighted by atomic mass is 32.2. The Morgan fingerprint density at radius 1 is 1.22 bits per heavy atom. The number of thioether (sulfide) groups is 1. The van der Waals surface area contributed by atoms with E-state index in [1.807, 2.05) is 13.8 Å². The Morgan fingerprint density at radius 3 is 2.56 bits per heavy atom. The van der Waals surface area contributed by atoms with E-state index in [1.165, 1.54) is 25.7 Å². The maximum atomic E-state index is 5.55. The Bertz CT molecular complexity index is 394. The van der Waals surface area contributed by atoms with E-state index >= 15 is 0 Å². The molecule has 0 aromatic carbocycles. The lowest BCUT2D eigenvalue weighted by molar-refractivity contribution is 0.219. The first-order valence-corrected chi connectivity index (χ1v) is 7.32. The molecule has 0 saturated heterocycles. The van der Waals surface area contributed by atoms with Crippen LogP contribution >= 0.6 is 11.8 Å². The van der Waals surface area contributed by atoms with Gasteiger partial charge in [-0.2, -0.15) is 15.0 Å². The predicted octanol–water partition coefficient (Wildman–Crippen LogP) is 2.74. The molecule has 18 heavy (non-hydrogen) atoms. The first kappa shape index (κ1) is 13.4. The van der Waals surface area contributed by atoms with Crippen molar-refractivity contribution in [3.8, 4) is 6.01 Å². The Labute approximate surface area is 112 Å². The van der Waals surface area contributed by atoms with E-state index in [0.717, 1.165) is 5.16 Å². The Kier molecular flexibility index (Phi) is 4.63. The van der Waals surface area contributed by atoms with Gasteiger partial charge in [0, 0.05) is 12.3 Å². The summed E-state index contributed by atoms with van der Waals surface area (Å²) < 4.78 is 5.55. The van der Waals surface area contributed by atoms with Crippen molar-refractivity contribution in [2.24, 2.45) is 0 Å². The molecule has 1 aliphatic rings. The third-order valence-corrected chi connectivity index (χ3v) is 3.93. The van der Waals surface area contributed by atoms with Crippen molar-refractivity contribution in [3.05, 3.63) is 0 Å². The summed E-state index contributed by atoms with van der Waals surface area (Å²) in [5.41, 5.74) is 0. The van der Waals surface area contributed by atoms with Crippen molar-refractivity contribution in [1.82, 2.24) is 15.0 Å². The van der Waals surface area contributed by atoms with E-state index in [1.54, 1.807) is 18.8 Å². The topological polar surface area (TPSA) is 59.9 Å². The van der Waals surface area contributed by atoms with Crippen molar-refractivity contribution in [3.63, 3.8) is 0 Å². The largest absolute Gasteiger partial charge is 0.461 e. The first-order chi connectivity index (χ1) is 8.67. The van der Waals surface area contributed by atoms with Crippen molar-refractivity contribution < 1.29 is 4.74 Å². The third kappa shape index (κ3) is 3.73. The summed E-state index contributed by atoms with van der Waals surface area (Å²) in [5, 5.41) is 4.35. The van der Waals surface area contributed by atoms with Crippen LogP contribution in [0.4, 0.5) is 5.95 Å². The lowest BCUT2D eigenvalue weighted by atomic mass is 10.4. The van der Waals surface area contributed by atoms with Crippen LogP contribution < -0.4 is 10.1 Å². The molecular weight excluding hydrogens is 248 g/mol. The summed E-state index contributed by atoms with van der Waals surface area (Å²) in [4.78, 5) is 12.9. The number of ether oxygens (including phenoxy) is 1. The molecule has 1 aromatic rings. The van der Waals surface area contributed by atoms with E-state index in [4.69, 9.17) is 4.74 Å². The molecular formula is C12H20N4OS. The molecule has 2 rings (SSSR count). The van der Waals surface area contributed by atoms with Gasteiger partial charge in [-0.1, -0.05) is 24.6 Å². The van der Waals surface area contributed by atoms with Crippen LogP contribution in [0.2, 0.25) is 0 Å². The normalized spacial score (nSPS) is 16.2. The summed E-state index contributed by atoms with van der Waals surface area (Å²) in [6.07, 6.45) is 5.21. The smallest absolute Gasteiger partial charge is 0.322 e. The van der Waals surface area contributed by atoms with Crippen LogP contribution in [0, 0.1) is 0 Å². The fourth-order valence-corrected chi connectivity index (χ4v) is 3.06. The van der Waals surface area contributed by atoms with Crippen LogP contribution in [0.5, 0.6) is 6.01 Å². The summed E-state index contributed by atoms with van der Waals surface area (Å²) in [7, 11) is 1.80. The average molecular weight is 268 g/mol. The molecule has 1 aromatic heterocycles. The highest BCUT2D eigenvalue weighted by molar-refractivity contribution is 7.99. The second kappa shape index (κ2) is 6.22. The standard InChI is InChI=1S/C12H20N4OS/c1-8(2)17-11-14-10(13-3)15-12(16-11)18-9-6-4-5-7-9/h8-9H,4-7H2,1-3H3,(H,13,14,15,16). The van der Waals surface area contributed by atoms with Gasteiger partial charge >= 0.3 is 6.01 Å². The van der Waals surface area contributed by atoms with Crippen LogP contribution in [0.15, 0.2) is 5.16 Å². The maximum absolute atomic E-state index is 5.55. The number of hydrogen-bond donors (Lipinski definition) is 1. The summed E-state index contributed by atoms with van der Waals surface area (Å²) in [6.45, 7) is 3.93. The summed E-state index contributed by atoms with van der Waals surface area (Å²) >= 11 is 1.74. The van der Waals surface area contributed by atoms with Crippen molar-refractivity contribution in [2.75, 3.05) is 12.4 Å². The second-order valence-electron chi connectivity index (χ2n) is 4.67. The minimum Gasteiger partial charge on any atom is -0.461 e. The van der Waals surface area contributed by atoms with E-state index in [-0.39, 0.29) is 6.10 Å². The van der Waals surface area contributed by atoms with Gasteiger partial charge in [-0.25, -0.2) is 0 Å². The quantitative estimate of drug-likeness (QED) is 0.886. The molecule has 0 aliphatic heterocycles. The van der Waals surface area contributed by atoms with Gasteiger partial charge < -0.3 is 10.1 Å². The molecule has 0 bridgehead atoms. The molecule has 0 unspecified atom stereocenters. The second-order valence-corrected chi connectivity index (χ2v) is 5.93. The molecule has 0 spiro atoms. The monoisotopic (exact) mass is 268 g/mol. The molecule has 1 fully saturated rings. The van der Waals surface area contributed by atoms with Crippen molar-refractivity contribution in [2.45, 2.75) is 56.0 Å². The van der Waals surface area contributed by atoms with Gasteiger partial charge in [-0.15, -0.1) is 0 Å². The van der Waals surface area contributed by atoms with Crippen LogP contribution in [-0.2, 0) is 0 Å². The third-order valence-electron chi connectivity index (χ3n) is 2.73. The number of rotatable bonds is 5. The highest BCUT2D eigenvalue weighted by Gasteiger charge is 2.19. The van der Waals surface area contributed by atoms with Gasteiger partial charge in [0.2, 0.25) is 5.95 Å². The molecule has 6 heteroatoms. The number of nitrogens with one attached hydrogen (secondary N) is 1. The molecule has 1 N–H and O–H groups in total. The van der Waals surface area contributed by atoms with E-state index < -0.39 is 0 Å². The van der Waals surface area contributed by atoms with Crippen LogP contribution in [-0.4, -0.2) is 33.4 Å². The molecule has 1 aliphatic carbocycles. The zero-order chi connectivity index (χ0) is 13.0. The Hall–Kier alpha value is -1.04. The van der Waals surface area contributed by atoms with Crippen molar-refractivity contribution in [1.29, 1.82) is 0 Å². The number of anilines is 1. The first-order valence-electron chi connectivity index (χ1n) is 6.44. The van der Waals surface area contributed by atoms with Gasteiger partial charge in [0.25, 0.3) is 0 Å². The van der Waals surface area contributed by atoms with Gasteiger partial charge in [0.05, 0.1) is 6.10 Å². The van der Waals surface area contributed by atoms with Crippen LogP contribution in [0.25, 0.3) is 0 Å². The number of hydrogen-bond acceptors (Lipinski definition) is 6. The molecule has 0 atom stereocenters. The van der Waals surface area contributed by atoms with E-state index in [2.05, 4.69) is 20.3 Å². The Morgan fingerprint density at radius 2 is 1.94 bits per heavy atom. The van der Waals surface area contributed by atoms with Gasteiger partial charge in [0.15, 0.2) is 5.16 Å². The van der Waals surface area contributed by atoms with E-state index in [9.17, 15) is 0 Å². The average Bonchev–Trinajstić information content (AvgIpc) is 2.80. The predicted molar refractivity (Wildman–Crippen MR) is 73.3 cm³/mol. The van der Waals surface area contributed by atoms with Gasteiger partial charge in [-0.05, 0) is 26.7 Å². The minimum atomic E-state index is 0.0708. The van der Waals surface area contributed by atoms with Gasteiger partial charge in [-0.3, -0.25) is 0 Å². The summed E-state index contributed by atoms with van der Waals surface area (Å²) in [6, 6.07) is 0.407. The molecule has 100 valence electrons. The SMILES string of the molecule is CNc1nc(OC(C)C)nc(SC2CCCC2)n1. The van der Waals surface area contributed by atoms with Gasteiger partial charge in [0.1, 0.15) is 0 Å². The number of nitrogens with zero attached hydrogens (tertiary/aromatic N) is 3. The molecule has 1 saturated carbocycles. The molecule has 5 nitrogen and oxygen atoms in total. The fourth-order valence-electron chi connectivity index (χ4n) is 1.92. The lowest BCUT2D eigenvalue weighted by Gasteiger charge is -2.11. The molecule has 1 heterocycles. The minimum absolute atomic E-state index is 0.0708. The van der Waals surface area contributed by atoms with E-state index in [0.29, 0.717) is 17.2 Å². The van der Waals surface area contributed by atoms with Crippen LogP contribution in [0.1, 0.15) is 39.5 Å². The molecule has 0 amide bonds. The summed E-state index contributed by atoms with van der Waals surface area (Å²) in [5.74, 6) is 0.571. The van der Waals surface area contributed by atoms with Crippen LogP contribution in [0.3, 0.4) is 0 Å². The fraction of sp³-hybridized carbons (Fsp3) is 0.750. The maximum Gasteiger partial charge on any atom is 0.322 e. The zero-order valence-electron chi connectivity index (χ0n) is 11.1.